The number of benzene rings is 1. The molecule has 2 atom stereocenters. The molecule has 0 aliphatic carbocycles. The highest BCUT2D eigenvalue weighted by molar-refractivity contribution is 5.44. The first kappa shape index (κ1) is 24.8. The smallest absolute Gasteiger partial charge is 0.119 e. The molecule has 160 valence electrons. The van der Waals surface area contributed by atoms with Gasteiger partial charge in [-0.05, 0) is 91.3 Å². The van der Waals surface area contributed by atoms with E-state index in [-0.39, 0.29) is 23.3 Å². The van der Waals surface area contributed by atoms with E-state index in [1.807, 2.05) is 0 Å². The van der Waals surface area contributed by atoms with Crippen LogP contribution in [0.4, 0.5) is 0 Å². The third kappa shape index (κ3) is 9.69. The monoisotopic (exact) mass is 396 g/mol. The minimum atomic E-state index is 0.0206. The van der Waals surface area contributed by atoms with Crippen molar-refractivity contribution in [3.8, 4) is 11.5 Å². The maximum absolute atomic E-state index is 10.5. The summed E-state index contributed by atoms with van der Waals surface area (Å²) in [4.78, 5) is 0. The van der Waals surface area contributed by atoms with Crippen molar-refractivity contribution < 1.29 is 10.2 Å². The van der Waals surface area contributed by atoms with Crippen LogP contribution in [0.5, 0.6) is 11.5 Å². The third-order valence-corrected chi connectivity index (χ3v) is 5.13. The van der Waals surface area contributed by atoms with E-state index in [0.717, 1.165) is 31.2 Å². The van der Waals surface area contributed by atoms with Gasteiger partial charge in [0.2, 0.25) is 0 Å². The van der Waals surface area contributed by atoms with E-state index < -0.39 is 0 Å². The molecule has 0 fully saturated rings. The molecule has 2 unspecified atom stereocenters. The van der Waals surface area contributed by atoms with Crippen molar-refractivity contribution in [1.29, 1.82) is 0 Å². The summed E-state index contributed by atoms with van der Waals surface area (Å²) in [6.07, 6.45) is 13.2. The fraction of sp³-hybridized carbons (Fsp3) is 0.481. The van der Waals surface area contributed by atoms with Crippen molar-refractivity contribution in [3.63, 3.8) is 0 Å². The zero-order valence-corrected chi connectivity index (χ0v) is 19.4. The average molecular weight is 397 g/mol. The number of phenolic OH excluding ortho intramolecular Hbond substituents is 2. The molecule has 1 aromatic carbocycles. The van der Waals surface area contributed by atoms with Gasteiger partial charge in [0.25, 0.3) is 0 Å². The van der Waals surface area contributed by atoms with Crippen LogP contribution in [0.15, 0.2) is 64.8 Å². The number of rotatable bonds is 10. The van der Waals surface area contributed by atoms with E-state index in [9.17, 15) is 10.2 Å². The van der Waals surface area contributed by atoms with Crippen LogP contribution in [0.2, 0.25) is 0 Å². The van der Waals surface area contributed by atoms with Crippen LogP contribution in [-0.4, -0.2) is 10.2 Å². The molecule has 1 rings (SSSR count). The van der Waals surface area contributed by atoms with Gasteiger partial charge in [-0.2, -0.15) is 0 Å². The lowest BCUT2D eigenvalue weighted by Gasteiger charge is -2.22. The lowest BCUT2D eigenvalue weighted by atomic mass is 9.83. The first-order valence-electron chi connectivity index (χ1n) is 10.7. The summed E-state index contributed by atoms with van der Waals surface area (Å²) in [6, 6.07) is 4.82. The second-order valence-corrected chi connectivity index (χ2v) is 8.79. The molecule has 0 aromatic heterocycles. The highest BCUT2D eigenvalue weighted by atomic mass is 16.3. The number of phenols is 2. The summed E-state index contributed by atoms with van der Waals surface area (Å²) in [6.45, 7) is 15.0. The van der Waals surface area contributed by atoms with Crippen LogP contribution >= 0.6 is 0 Å². The van der Waals surface area contributed by atoms with Crippen LogP contribution < -0.4 is 0 Å². The zero-order valence-electron chi connectivity index (χ0n) is 19.4. The fourth-order valence-corrected chi connectivity index (χ4v) is 3.54. The summed E-state index contributed by atoms with van der Waals surface area (Å²) < 4.78 is 0. The molecule has 2 N–H and O–H groups in total. The lowest BCUT2D eigenvalue weighted by molar-refractivity contribution is 0.446. The van der Waals surface area contributed by atoms with Crippen molar-refractivity contribution in [2.45, 2.75) is 80.1 Å². The molecule has 29 heavy (non-hydrogen) atoms. The molecule has 0 aliphatic heterocycles. The maximum Gasteiger partial charge on any atom is 0.119 e. The van der Waals surface area contributed by atoms with E-state index in [2.05, 4.69) is 72.8 Å². The molecule has 0 saturated carbocycles. The highest BCUT2D eigenvalue weighted by Gasteiger charge is 2.20. The van der Waals surface area contributed by atoms with Gasteiger partial charge in [-0.25, -0.2) is 0 Å². The largest absolute Gasteiger partial charge is 0.508 e. The molecule has 2 heteroatoms. The molecule has 1 aromatic rings. The Morgan fingerprint density at radius 3 is 1.86 bits per heavy atom. The molecule has 0 amide bonds. The molecule has 2 nitrogen and oxygen atoms in total. The number of hydrogen-bond acceptors (Lipinski definition) is 2. The summed E-state index contributed by atoms with van der Waals surface area (Å²) in [5, 5.41) is 20.5. The van der Waals surface area contributed by atoms with E-state index in [0.29, 0.717) is 0 Å². The molecule has 0 aliphatic rings. The SMILES string of the molecule is CC(C)=CCCC(C)=CC(C)C(C=C(C)CCC=C(C)C)c1cc(O)ccc1O. The van der Waals surface area contributed by atoms with Gasteiger partial charge in [-0.1, -0.05) is 53.5 Å². The Labute approximate surface area is 178 Å². The van der Waals surface area contributed by atoms with Gasteiger partial charge in [0, 0.05) is 11.5 Å². The van der Waals surface area contributed by atoms with Crippen LogP contribution in [0, 0.1) is 5.92 Å². The number of aromatic hydroxyl groups is 2. The number of allylic oxidation sites excluding steroid dienone is 8. The third-order valence-electron chi connectivity index (χ3n) is 5.13. The Bertz CT molecular complexity index is 770. The first-order valence-corrected chi connectivity index (χ1v) is 10.7. The average Bonchev–Trinajstić information content (AvgIpc) is 2.61. The normalized spacial score (nSPS) is 14.3. The van der Waals surface area contributed by atoms with Crippen LogP contribution in [0.25, 0.3) is 0 Å². The number of hydrogen-bond donors (Lipinski definition) is 2. The minimum Gasteiger partial charge on any atom is -0.508 e. The van der Waals surface area contributed by atoms with E-state index >= 15 is 0 Å². The van der Waals surface area contributed by atoms with Gasteiger partial charge in [0.05, 0.1) is 0 Å². The lowest BCUT2D eigenvalue weighted by Crippen LogP contribution is -2.07. The molecular formula is C27H40O2. The second-order valence-electron chi connectivity index (χ2n) is 8.79. The Morgan fingerprint density at radius 1 is 0.828 bits per heavy atom. The Balaban J connectivity index is 3.14. The Hall–Kier alpha value is -2.22. The molecule has 0 heterocycles. The molecule has 0 radical (unpaired) electrons. The van der Waals surface area contributed by atoms with E-state index in [1.165, 1.54) is 28.4 Å². The van der Waals surface area contributed by atoms with Gasteiger partial charge in [0.1, 0.15) is 11.5 Å². The molecule has 0 spiro atoms. The van der Waals surface area contributed by atoms with Crippen molar-refractivity contribution in [1.82, 2.24) is 0 Å². The Kier molecular flexibility index (Phi) is 10.6. The molecular weight excluding hydrogens is 356 g/mol. The van der Waals surface area contributed by atoms with Crippen molar-refractivity contribution in [2.24, 2.45) is 5.92 Å². The summed E-state index contributed by atoms with van der Waals surface area (Å²) in [5.41, 5.74) is 6.13. The summed E-state index contributed by atoms with van der Waals surface area (Å²) >= 11 is 0. The van der Waals surface area contributed by atoms with Crippen molar-refractivity contribution >= 4 is 0 Å². The quantitative estimate of drug-likeness (QED) is 0.309. The maximum atomic E-state index is 10.5. The van der Waals surface area contributed by atoms with Crippen molar-refractivity contribution in [2.75, 3.05) is 0 Å². The van der Waals surface area contributed by atoms with Gasteiger partial charge >= 0.3 is 0 Å². The second kappa shape index (κ2) is 12.4. The Morgan fingerprint density at radius 2 is 1.34 bits per heavy atom. The summed E-state index contributed by atoms with van der Waals surface area (Å²) in [7, 11) is 0. The fourth-order valence-electron chi connectivity index (χ4n) is 3.54. The molecule has 0 saturated heterocycles. The minimum absolute atomic E-state index is 0.0206. The standard InChI is InChI=1S/C27H40O2/c1-19(2)10-8-12-21(5)16-23(7)25(17-22(6)13-9-11-20(3)4)26-18-24(28)14-15-27(26)29/h10-11,14-18,23,25,28-29H,8-9,12-13H2,1-7H3. The molecule has 0 bridgehead atoms. The van der Waals surface area contributed by atoms with E-state index in [1.54, 1.807) is 12.1 Å². The van der Waals surface area contributed by atoms with Gasteiger partial charge < -0.3 is 10.2 Å². The topological polar surface area (TPSA) is 40.5 Å². The van der Waals surface area contributed by atoms with E-state index in [4.69, 9.17) is 0 Å². The van der Waals surface area contributed by atoms with Crippen LogP contribution in [0.1, 0.15) is 85.6 Å². The van der Waals surface area contributed by atoms with Gasteiger partial charge in [0.15, 0.2) is 0 Å². The predicted molar refractivity (Wildman–Crippen MR) is 127 cm³/mol. The summed E-state index contributed by atoms with van der Waals surface area (Å²) in [5.74, 6) is 0.665. The van der Waals surface area contributed by atoms with Gasteiger partial charge in [-0.15, -0.1) is 0 Å². The highest BCUT2D eigenvalue weighted by Crippen LogP contribution is 2.37. The van der Waals surface area contributed by atoms with Crippen LogP contribution in [-0.2, 0) is 0 Å². The predicted octanol–water partition coefficient (Wildman–Crippen LogP) is 8.20. The van der Waals surface area contributed by atoms with Crippen LogP contribution in [0.3, 0.4) is 0 Å². The van der Waals surface area contributed by atoms with Crippen molar-refractivity contribution in [3.05, 3.63) is 70.4 Å². The zero-order chi connectivity index (χ0) is 22.0. The first-order chi connectivity index (χ1) is 13.6. The van der Waals surface area contributed by atoms with Gasteiger partial charge in [-0.3, -0.25) is 0 Å².